The van der Waals surface area contributed by atoms with Crippen molar-refractivity contribution in [1.29, 1.82) is 0 Å². The van der Waals surface area contributed by atoms with Crippen molar-refractivity contribution in [1.82, 2.24) is 9.55 Å². The van der Waals surface area contributed by atoms with E-state index in [0.717, 1.165) is 11.4 Å². The van der Waals surface area contributed by atoms with Crippen LogP contribution in [0.5, 0.6) is 5.75 Å². The Morgan fingerprint density at radius 2 is 1.84 bits per heavy atom. The van der Waals surface area contributed by atoms with E-state index in [4.69, 9.17) is 4.74 Å². The van der Waals surface area contributed by atoms with Crippen molar-refractivity contribution in [2.75, 3.05) is 7.11 Å². The smallest absolute Gasteiger partial charge is 0.118 e. The molecule has 0 spiro atoms. The van der Waals surface area contributed by atoms with Gasteiger partial charge in [-0.3, -0.25) is 0 Å². The van der Waals surface area contributed by atoms with Gasteiger partial charge < -0.3 is 9.30 Å². The van der Waals surface area contributed by atoms with E-state index in [-0.39, 0.29) is 0 Å². The molecule has 0 saturated heterocycles. The largest absolute Gasteiger partial charge is 0.497 e. The molecule has 0 N–H and O–H groups in total. The number of methoxy groups -OCH3 is 1. The fraction of sp³-hybridized carbons (Fsp3) is 0.0625. The number of benzene rings is 2. The third kappa shape index (κ3) is 2.36. The molecular weight excluding hydrogens is 236 g/mol. The molecule has 94 valence electrons. The lowest BCUT2D eigenvalue weighted by molar-refractivity contribution is 0.415. The topological polar surface area (TPSA) is 27.1 Å². The van der Waals surface area contributed by atoms with Gasteiger partial charge in [0.15, 0.2) is 0 Å². The van der Waals surface area contributed by atoms with Crippen LogP contribution in [0, 0.1) is 0 Å². The lowest BCUT2D eigenvalue weighted by Crippen LogP contribution is -1.90. The van der Waals surface area contributed by atoms with Gasteiger partial charge in [0, 0.05) is 18.1 Å². The molecule has 1 heterocycles. The highest BCUT2D eigenvalue weighted by Crippen LogP contribution is 2.24. The fourth-order valence-corrected chi connectivity index (χ4v) is 2.04. The van der Waals surface area contributed by atoms with E-state index >= 15 is 0 Å². The molecule has 3 rings (SSSR count). The van der Waals surface area contributed by atoms with Gasteiger partial charge >= 0.3 is 0 Å². The first-order valence-electron chi connectivity index (χ1n) is 6.09. The Kier molecular flexibility index (Phi) is 3.02. The predicted octanol–water partition coefficient (Wildman–Crippen LogP) is 3.55. The molecule has 2 aromatic carbocycles. The lowest BCUT2D eigenvalue weighted by atomic mass is 10.1. The Labute approximate surface area is 112 Å². The predicted molar refractivity (Wildman–Crippen MR) is 75.6 cm³/mol. The van der Waals surface area contributed by atoms with Gasteiger partial charge in [0.1, 0.15) is 5.75 Å². The zero-order chi connectivity index (χ0) is 13.1. The molecule has 3 nitrogen and oxygen atoms in total. The van der Waals surface area contributed by atoms with Crippen LogP contribution in [0.15, 0.2) is 67.3 Å². The highest BCUT2D eigenvalue weighted by atomic mass is 16.5. The van der Waals surface area contributed by atoms with Crippen LogP contribution in [0.2, 0.25) is 0 Å². The molecule has 0 unspecified atom stereocenters. The second kappa shape index (κ2) is 4.98. The molecule has 0 radical (unpaired) electrons. The molecule has 3 heteroatoms. The first-order chi connectivity index (χ1) is 9.36. The Morgan fingerprint density at radius 1 is 1.00 bits per heavy atom. The molecule has 0 amide bonds. The Balaban J connectivity index is 1.98. The average molecular weight is 250 g/mol. The maximum absolute atomic E-state index is 5.18. The van der Waals surface area contributed by atoms with Gasteiger partial charge in [0.25, 0.3) is 0 Å². The van der Waals surface area contributed by atoms with Gasteiger partial charge in [-0.05, 0) is 35.4 Å². The van der Waals surface area contributed by atoms with Crippen LogP contribution < -0.4 is 4.74 Å². The summed E-state index contributed by atoms with van der Waals surface area (Å²) in [5, 5.41) is 0. The van der Waals surface area contributed by atoms with E-state index < -0.39 is 0 Å². The second-order valence-electron chi connectivity index (χ2n) is 4.25. The molecule has 0 aliphatic rings. The summed E-state index contributed by atoms with van der Waals surface area (Å²) >= 11 is 0. The van der Waals surface area contributed by atoms with Gasteiger partial charge in [-0.25, -0.2) is 4.98 Å². The molecular formula is C16H14N2O. The number of aromatic nitrogens is 2. The van der Waals surface area contributed by atoms with Crippen LogP contribution in [-0.4, -0.2) is 16.7 Å². The second-order valence-corrected chi connectivity index (χ2v) is 4.25. The molecule has 0 aliphatic heterocycles. The van der Waals surface area contributed by atoms with Gasteiger partial charge in [0.2, 0.25) is 0 Å². The number of ether oxygens (including phenoxy) is 1. The van der Waals surface area contributed by atoms with Crippen LogP contribution in [0.3, 0.4) is 0 Å². The van der Waals surface area contributed by atoms with E-state index in [1.807, 2.05) is 22.9 Å². The molecule has 19 heavy (non-hydrogen) atoms. The van der Waals surface area contributed by atoms with Gasteiger partial charge in [-0.15, -0.1) is 0 Å². The third-order valence-corrected chi connectivity index (χ3v) is 3.07. The molecule has 0 aliphatic carbocycles. The van der Waals surface area contributed by atoms with Crippen LogP contribution >= 0.6 is 0 Å². The van der Waals surface area contributed by atoms with Crippen molar-refractivity contribution in [3.8, 4) is 22.6 Å². The van der Waals surface area contributed by atoms with E-state index in [1.165, 1.54) is 11.1 Å². The van der Waals surface area contributed by atoms with Crippen LogP contribution in [0.4, 0.5) is 0 Å². The quantitative estimate of drug-likeness (QED) is 0.710. The summed E-state index contributed by atoms with van der Waals surface area (Å²) in [4.78, 5) is 4.07. The van der Waals surface area contributed by atoms with Crippen LogP contribution in [-0.2, 0) is 0 Å². The van der Waals surface area contributed by atoms with Crippen molar-refractivity contribution >= 4 is 0 Å². The van der Waals surface area contributed by atoms with E-state index in [2.05, 4.69) is 41.4 Å². The maximum Gasteiger partial charge on any atom is 0.118 e. The number of hydrogen-bond donors (Lipinski definition) is 0. The molecule has 0 saturated carbocycles. The first kappa shape index (κ1) is 11.5. The van der Waals surface area contributed by atoms with E-state index in [1.54, 1.807) is 19.6 Å². The van der Waals surface area contributed by atoms with Crippen molar-refractivity contribution in [2.24, 2.45) is 0 Å². The molecule has 0 bridgehead atoms. The summed E-state index contributed by atoms with van der Waals surface area (Å²) < 4.78 is 7.17. The fourth-order valence-electron chi connectivity index (χ4n) is 2.04. The third-order valence-electron chi connectivity index (χ3n) is 3.07. The van der Waals surface area contributed by atoms with Crippen LogP contribution in [0.25, 0.3) is 16.8 Å². The number of hydrogen-bond acceptors (Lipinski definition) is 2. The van der Waals surface area contributed by atoms with E-state index in [9.17, 15) is 0 Å². The zero-order valence-corrected chi connectivity index (χ0v) is 10.7. The minimum Gasteiger partial charge on any atom is -0.497 e. The highest BCUT2D eigenvalue weighted by molar-refractivity contribution is 5.66. The Bertz CT molecular complexity index is 657. The lowest BCUT2D eigenvalue weighted by Gasteiger charge is -2.07. The Hall–Kier alpha value is -2.55. The molecule has 3 aromatic rings. The van der Waals surface area contributed by atoms with Crippen molar-refractivity contribution in [2.45, 2.75) is 0 Å². The monoisotopic (exact) mass is 250 g/mol. The number of imidazole rings is 1. The number of nitrogens with zero attached hydrogens (tertiary/aromatic N) is 2. The summed E-state index contributed by atoms with van der Waals surface area (Å²) in [6, 6.07) is 16.4. The summed E-state index contributed by atoms with van der Waals surface area (Å²) in [6.45, 7) is 0. The minimum absolute atomic E-state index is 0.870. The minimum atomic E-state index is 0.870. The Morgan fingerprint density at radius 3 is 2.53 bits per heavy atom. The molecule has 0 atom stereocenters. The van der Waals surface area contributed by atoms with Gasteiger partial charge in [-0.2, -0.15) is 0 Å². The van der Waals surface area contributed by atoms with Crippen LogP contribution in [0.1, 0.15) is 0 Å². The SMILES string of the molecule is COc1ccc(-c2cccc(-n3ccnc3)c2)cc1. The first-order valence-corrected chi connectivity index (χ1v) is 6.09. The standard InChI is InChI=1S/C16H14N2O/c1-19-16-7-5-13(6-8-16)14-3-2-4-15(11-14)18-10-9-17-12-18/h2-12H,1H3. The normalized spacial score (nSPS) is 10.4. The maximum atomic E-state index is 5.18. The molecule has 1 aromatic heterocycles. The number of rotatable bonds is 3. The summed E-state index contributed by atoms with van der Waals surface area (Å²) in [6.07, 6.45) is 5.51. The van der Waals surface area contributed by atoms with Gasteiger partial charge in [-0.1, -0.05) is 24.3 Å². The van der Waals surface area contributed by atoms with Crippen molar-refractivity contribution < 1.29 is 4.74 Å². The summed E-state index contributed by atoms with van der Waals surface area (Å²) in [5.41, 5.74) is 3.45. The summed E-state index contributed by atoms with van der Waals surface area (Å²) in [5.74, 6) is 0.870. The van der Waals surface area contributed by atoms with Crippen molar-refractivity contribution in [3.05, 3.63) is 67.3 Å². The summed E-state index contributed by atoms with van der Waals surface area (Å²) in [7, 11) is 1.68. The van der Waals surface area contributed by atoms with Gasteiger partial charge in [0.05, 0.1) is 13.4 Å². The molecule has 0 fully saturated rings. The zero-order valence-electron chi connectivity index (χ0n) is 10.7. The highest BCUT2D eigenvalue weighted by Gasteiger charge is 2.01. The van der Waals surface area contributed by atoms with E-state index in [0.29, 0.717) is 0 Å². The average Bonchev–Trinajstić information content (AvgIpc) is 3.02. The van der Waals surface area contributed by atoms with Crippen molar-refractivity contribution in [3.63, 3.8) is 0 Å².